The first-order valence-corrected chi connectivity index (χ1v) is 15.8. The first-order valence-electron chi connectivity index (χ1n) is 15.8. The number of benzene rings is 5. The van der Waals surface area contributed by atoms with E-state index in [9.17, 15) is 0 Å². The van der Waals surface area contributed by atoms with Crippen molar-refractivity contribution < 1.29 is 0 Å². The standard InChI is InChI=1S/C43H29N5/c1-2-10-30(11-3-1)41-46-42(37-18-6-14-33(26-37)31-12-4-16-35(24-31)39-20-8-22-44-28-39)48-43(47-41)38-19-7-15-34(27-38)32-13-5-17-36(25-32)40-21-9-23-45-29-40/h1-29H. The molecule has 0 unspecified atom stereocenters. The second-order valence-corrected chi connectivity index (χ2v) is 11.5. The molecule has 0 aliphatic rings. The molecule has 0 radical (unpaired) electrons. The Bertz CT molecular complexity index is 2190. The Labute approximate surface area is 279 Å². The lowest BCUT2D eigenvalue weighted by atomic mass is 9.98. The van der Waals surface area contributed by atoms with Crippen LogP contribution in [0, 0.1) is 0 Å². The van der Waals surface area contributed by atoms with E-state index in [1.54, 1.807) is 12.4 Å². The first kappa shape index (κ1) is 28.9. The van der Waals surface area contributed by atoms with Crippen molar-refractivity contribution in [1.29, 1.82) is 0 Å². The Kier molecular flexibility index (Phi) is 7.83. The summed E-state index contributed by atoms with van der Waals surface area (Å²) >= 11 is 0. The smallest absolute Gasteiger partial charge is 0.164 e. The van der Waals surface area contributed by atoms with Crippen molar-refractivity contribution in [2.24, 2.45) is 0 Å². The molecule has 0 aliphatic carbocycles. The first-order chi connectivity index (χ1) is 23.8. The summed E-state index contributed by atoms with van der Waals surface area (Å²) in [5.41, 5.74) is 11.5. The lowest BCUT2D eigenvalue weighted by molar-refractivity contribution is 1.07. The van der Waals surface area contributed by atoms with E-state index in [1.165, 1.54) is 0 Å². The van der Waals surface area contributed by atoms with Crippen molar-refractivity contribution in [2.75, 3.05) is 0 Å². The highest BCUT2D eigenvalue weighted by Crippen LogP contribution is 2.32. The zero-order valence-corrected chi connectivity index (χ0v) is 26.0. The van der Waals surface area contributed by atoms with Crippen molar-refractivity contribution in [3.05, 3.63) is 176 Å². The molecule has 0 amide bonds. The minimum Gasteiger partial charge on any atom is -0.264 e. The van der Waals surface area contributed by atoms with E-state index in [0.29, 0.717) is 17.5 Å². The van der Waals surface area contributed by atoms with E-state index in [1.807, 2.05) is 54.9 Å². The number of rotatable bonds is 7. The predicted molar refractivity (Wildman–Crippen MR) is 193 cm³/mol. The van der Waals surface area contributed by atoms with E-state index in [-0.39, 0.29) is 0 Å². The second kappa shape index (κ2) is 13.0. The molecule has 5 nitrogen and oxygen atoms in total. The fraction of sp³-hybridized carbons (Fsp3) is 0. The van der Waals surface area contributed by atoms with Crippen LogP contribution in [-0.4, -0.2) is 24.9 Å². The molecule has 8 rings (SSSR count). The van der Waals surface area contributed by atoms with Crippen LogP contribution in [-0.2, 0) is 0 Å². The molecule has 226 valence electrons. The Morgan fingerprint density at radius 2 is 0.562 bits per heavy atom. The predicted octanol–water partition coefficient (Wildman–Crippen LogP) is 10.3. The SMILES string of the molecule is c1ccc(-c2nc(-c3cccc(-c4cccc(-c5cccnc5)c4)c3)nc(-c3cccc(-c4cccc(-c5cccnc5)c4)c3)n2)cc1. The molecule has 0 atom stereocenters. The maximum Gasteiger partial charge on any atom is 0.164 e. The molecule has 48 heavy (non-hydrogen) atoms. The molecule has 5 aromatic carbocycles. The third kappa shape index (κ3) is 6.13. The summed E-state index contributed by atoms with van der Waals surface area (Å²) in [5, 5.41) is 0. The van der Waals surface area contributed by atoms with Crippen LogP contribution in [0.3, 0.4) is 0 Å². The van der Waals surface area contributed by atoms with Gasteiger partial charge in [-0.25, -0.2) is 15.0 Å². The van der Waals surface area contributed by atoms with E-state index in [0.717, 1.165) is 61.2 Å². The topological polar surface area (TPSA) is 64.5 Å². The number of nitrogens with zero attached hydrogens (tertiary/aromatic N) is 5. The summed E-state index contributed by atoms with van der Waals surface area (Å²) in [6, 6.07) is 51.9. The average Bonchev–Trinajstić information content (AvgIpc) is 3.19. The largest absolute Gasteiger partial charge is 0.264 e. The Morgan fingerprint density at radius 1 is 0.250 bits per heavy atom. The number of hydrogen-bond acceptors (Lipinski definition) is 5. The second-order valence-electron chi connectivity index (χ2n) is 11.5. The van der Waals surface area contributed by atoms with Gasteiger partial charge in [0, 0.05) is 52.6 Å². The Balaban J connectivity index is 1.20. The van der Waals surface area contributed by atoms with Crippen LogP contribution in [0.1, 0.15) is 0 Å². The van der Waals surface area contributed by atoms with Gasteiger partial charge in [0.25, 0.3) is 0 Å². The van der Waals surface area contributed by atoms with Gasteiger partial charge in [0.1, 0.15) is 0 Å². The van der Waals surface area contributed by atoms with Crippen LogP contribution in [0.4, 0.5) is 0 Å². The van der Waals surface area contributed by atoms with Crippen molar-refractivity contribution in [2.45, 2.75) is 0 Å². The van der Waals surface area contributed by atoms with Gasteiger partial charge in [-0.1, -0.05) is 115 Å². The molecule has 8 aromatic rings. The molecule has 0 spiro atoms. The maximum absolute atomic E-state index is 5.06. The van der Waals surface area contributed by atoms with Crippen molar-refractivity contribution in [1.82, 2.24) is 24.9 Å². The Morgan fingerprint density at radius 3 is 0.958 bits per heavy atom. The van der Waals surface area contributed by atoms with E-state index < -0.39 is 0 Å². The van der Waals surface area contributed by atoms with Crippen LogP contribution < -0.4 is 0 Å². The molecule has 5 heteroatoms. The molecular weight excluding hydrogens is 587 g/mol. The maximum atomic E-state index is 5.06. The van der Waals surface area contributed by atoms with Gasteiger partial charge < -0.3 is 0 Å². The summed E-state index contributed by atoms with van der Waals surface area (Å²) < 4.78 is 0. The van der Waals surface area contributed by atoms with Gasteiger partial charge >= 0.3 is 0 Å². The molecule has 0 bridgehead atoms. The van der Waals surface area contributed by atoms with E-state index in [2.05, 4.69) is 119 Å². The average molecular weight is 616 g/mol. The summed E-state index contributed by atoms with van der Waals surface area (Å²) in [7, 11) is 0. The summed E-state index contributed by atoms with van der Waals surface area (Å²) in [6.07, 6.45) is 7.36. The molecule has 3 aromatic heterocycles. The minimum atomic E-state index is 0.619. The van der Waals surface area contributed by atoms with Crippen molar-refractivity contribution >= 4 is 0 Å². The quantitative estimate of drug-likeness (QED) is 0.178. The van der Waals surface area contributed by atoms with Gasteiger partial charge in [-0.15, -0.1) is 0 Å². The molecule has 0 N–H and O–H groups in total. The van der Waals surface area contributed by atoms with E-state index >= 15 is 0 Å². The molecule has 0 saturated heterocycles. The van der Waals surface area contributed by atoms with Gasteiger partial charge in [-0.3, -0.25) is 9.97 Å². The van der Waals surface area contributed by atoms with Gasteiger partial charge in [0.15, 0.2) is 17.5 Å². The fourth-order valence-electron chi connectivity index (χ4n) is 5.85. The zero-order valence-electron chi connectivity index (χ0n) is 26.0. The van der Waals surface area contributed by atoms with Crippen molar-refractivity contribution in [3.8, 4) is 78.7 Å². The molecule has 0 fully saturated rings. The van der Waals surface area contributed by atoms with E-state index in [4.69, 9.17) is 15.0 Å². The monoisotopic (exact) mass is 615 g/mol. The normalized spacial score (nSPS) is 10.9. The highest BCUT2D eigenvalue weighted by molar-refractivity contribution is 5.78. The highest BCUT2D eigenvalue weighted by atomic mass is 15.0. The van der Waals surface area contributed by atoms with Crippen LogP contribution in [0.25, 0.3) is 78.7 Å². The van der Waals surface area contributed by atoms with Crippen molar-refractivity contribution in [3.63, 3.8) is 0 Å². The van der Waals surface area contributed by atoms with Gasteiger partial charge in [0.2, 0.25) is 0 Å². The highest BCUT2D eigenvalue weighted by Gasteiger charge is 2.14. The van der Waals surface area contributed by atoms with Crippen LogP contribution in [0.15, 0.2) is 176 Å². The number of aromatic nitrogens is 5. The Hall–Kier alpha value is -6.59. The summed E-state index contributed by atoms with van der Waals surface area (Å²) in [6.45, 7) is 0. The zero-order chi connectivity index (χ0) is 32.1. The third-order valence-corrected chi connectivity index (χ3v) is 8.29. The minimum absolute atomic E-state index is 0.619. The molecule has 0 saturated carbocycles. The van der Waals surface area contributed by atoms with Crippen LogP contribution in [0.5, 0.6) is 0 Å². The van der Waals surface area contributed by atoms with Gasteiger partial charge in [-0.05, 0) is 69.8 Å². The summed E-state index contributed by atoms with van der Waals surface area (Å²) in [4.78, 5) is 23.6. The lowest BCUT2D eigenvalue weighted by Gasteiger charge is -2.11. The number of hydrogen-bond donors (Lipinski definition) is 0. The van der Waals surface area contributed by atoms with Crippen LogP contribution >= 0.6 is 0 Å². The molecule has 0 aliphatic heterocycles. The van der Waals surface area contributed by atoms with Gasteiger partial charge in [0.05, 0.1) is 0 Å². The molecule has 3 heterocycles. The molecular formula is C43H29N5. The fourth-order valence-corrected chi connectivity index (χ4v) is 5.85. The lowest BCUT2D eigenvalue weighted by Crippen LogP contribution is -2.00. The summed E-state index contributed by atoms with van der Waals surface area (Å²) in [5.74, 6) is 1.87. The number of pyridine rings is 2. The van der Waals surface area contributed by atoms with Crippen LogP contribution in [0.2, 0.25) is 0 Å². The van der Waals surface area contributed by atoms with Gasteiger partial charge in [-0.2, -0.15) is 0 Å². The third-order valence-electron chi connectivity index (χ3n) is 8.29.